The van der Waals surface area contributed by atoms with E-state index in [0.29, 0.717) is 11.5 Å². The summed E-state index contributed by atoms with van der Waals surface area (Å²) in [6.07, 6.45) is 0. The molecule has 0 aliphatic heterocycles. The number of anilines is 1. The van der Waals surface area contributed by atoms with E-state index >= 15 is 0 Å². The van der Waals surface area contributed by atoms with Crippen LogP contribution in [0, 0.1) is 0 Å². The minimum atomic E-state index is -1.06. The van der Waals surface area contributed by atoms with Crippen LogP contribution in [-0.4, -0.2) is 20.9 Å². The minimum absolute atomic E-state index is 0.422. The van der Waals surface area contributed by atoms with Crippen molar-refractivity contribution in [3.63, 3.8) is 0 Å². The van der Waals surface area contributed by atoms with Crippen molar-refractivity contribution in [3.05, 3.63) is 42.1 Å². The first-order valence-corrected chi connectivity index (χ1v) is 5.58. The molecule has 0 radical (unpaired) electrons. The average Bonchev–Trinajstić information content (AvgIpc) is 2.73. The van der Waals surface area contributed by atoms with Gasteiger partial charge in [-0.2, -0.15) is 5.10 Å². The molecule has 0 amide bonds. The van der Waals surface area contributed by atoms with Crippen molar-refractivity contribution < 1.29 is 9.90 Å². The monoisotopic (exact) mass is 245 g/mol. The van der Waals surface area contributed by atoms with Gasteiger partial charge in [-0.25, -0.2) is 4.68 Å². The van der Waals surface area contributed by atoms with Gasteiger partial charge in [-0.15, -0.1) is 0 Å². The second-order valence-corrected chi connectivity index (χ2v) is 4.63. The van der Waals surface area contributed by atoms with E-state index < -0.39 is 11.4 Å². The van der Waals surface area contributed by atoms with Crippen LogP contribution in [0.3, 0.4) is 0 Å². The Balaban J connectivity index is 2.49. The summed E-state index contributed by atoms with van der Waals surface area (Å²) in [5.41, 5.74) is 6.07. The molecule has 0 bridgehead atoms. The first-order chi connectivity index (χ1) is 8.43. The van der Waals surface area contributed by atoms with E-state index in [1.54, 1.807) is 24.6 Å². The molecule has 0 aliphatic carbocycles. The van der Waals surface area contributed by atoms with E-state index in [4.69, 9.17) is 5.73 Å². The van der Waals surface area contributed by atoms with Crippen LogP contribution < -0.4 is 5.73 Å². The minimum Gasteiger partial charge on any atom is -0.481 e. The number of aromatic nitrogens is 2. The predicted octanol–water partition coefficient (Wildman–Crippen LogP) is 1.82. The van der Waals surface area contributed by atoms with Gasteiger partial charge >= 0.3 is 5.97 Å². The Bertz CT molecular complexity index is 573. The molecule has 0 saturated heterocycles. The quantitative estimate of drug-likeness (QED) is 0.864. The highest BCUT2D eigenvalue weighted by Gasteiger charge is 2.32. The Morgan fingerprint density at radius 2 is 1.94 bits per heavy atom. The third kappa shape index (κ3) is 1.95. The molecule has 0 spiro atoms. The lowest BCUT2D eigenvalue weighted by molar-refractivity contribution is -0.142. The van der Waals surface area contributed by atoms with E-state index in [9.17, 15) is 9.90 Å². The number of aliphatic carboxylic acids is 1. The van der Waals surface area contributed by atoms with Gasteiger partial charge in [0.1, 0.15) is 11.2 Å². The van der Waals surface area contributed by atoms with Gasteiger partial charge in [-0.1, -0.05) is 18.2 Å². The zero-order valence-electron chi connectivity index (χ0n) is 10.3. The third-order valence-corrected chi connectivity index (χ3v) is 2.91. The highest BCUT2D eigenvalue weighted by atomic mass is 16.4. The summed E-state index contributed by atoms with van der Waals surface area (Å²) in [4.78, 5) is 11.2. The number of para-hydroxylation sites is 1. The maximum Gasteiger partial charge on any atom is 0.315 e. The lowest BCUT2D eigenvalue weighted by atomic mass is 9.90. The van der Waals surface area contributed by atoms with E-state index in [-0.39, 0.29) is 0 Å². The van der Waals surface area contributed by atoms with E-state index in [1.807, 2.05) is 30.3 Å². The predicted molar refractivity (Wildman–Crippen MR) is 68.6 cm³/mol. The van der Waals surface area contributed by atoms with Gasteiger partial charge in [-0.3, -0.25) is 4.79 Å². The molecule has 0 saturated carbocycles. The standard InChI is InChI=1S/C13H15N3O2/c1-13(2,12(17)18)10-8-11(14)16(15-10)9-6-4-3-5-7-9/h3-8H,14H2,1-2H3,(H,17,18). The van der Waals surface area contributed by atoms with E-state index in [1.165, 1.54) is 0 Å². The average molecular weight is 245 g/mol. The summed E-state index contributed by atoms with van der Waals surface area (Å²) in [6, 6.07) is 11.0. The zero-order chi connectivity index (χ0) is 13.3. The molecule has 1 aromatic carbocycles. The van der Waals surface area contributed by atoms with Gasteiger partial charge in [-0.05, 0) is 26.0 Å². The first kappa shape index (κ1) is 12.2. The largest absolute Gasteiger partial charge is 0.481 e. The summed E-state index contributed by atoms with van der Waals surface area (Å²) < 4.78 is 1.54. The molecule has 94 valence electrons. The molecular formula is C13H15N3O2. The van der Waals surface area contributed by atoms with Crippen molar-refractivity contribution in [2.24, 2.45) is 0 Å². The molecule has 0 fully saturated rings. The Morgan fingerprint density at radius 1 is 1.33 bits per heavy atom. The topological polar surface area (TPSA) is 81.1 Å². The van der Waals surface area contributed by atoms with Crippen LogP contribution in [0.2, 0.25) is 0 Å². The second-order valence-electron chi connectivity index (χ2n) is 4.63. The van der Waals surface area contributed by atoms with Gasteiger partial charge in [0, 0.05) is 6.07 Å². The molecule has 18 heavy (non-hydrogen) atoms. The number of nitrogens with zero attached hydrogens (tertiary/aromatic N) is 2. The number of hydrogen-bond acceptors (Lipinski definition) is 3. The number of nitrogen functional groups attached to an aromatic ring is 1. The molecule has 3 N–H and O–H groups in total. The van der Waals surface area contributed by atoms with Gasteiger partial charge in [0.15, 0.2) is 0 Å². The van der Waals surface area contributed by atoms with Crippen LogP contribution in [0.4, 0.5) is 5.82 Å². The number of benzene rings is 1. The van der Waals surface area contributed by atoms with Crippen LogP contribution in [0.15, 0.2) is 36.4 Å². The van der Waals surface area contributed by atoms with Crippen LogP contribution in [0.1, 0.15) is 19.5 Å². The number of carbonyl (C=O) groups is 1. The second kappa shape index (κ2) is 4.18. The zero-order valence-corrected chi connectivity index (χ0v) is 10.3. The normalized spacial score (nSPS) is 11.4. The van der Waals surface area contributed by atoms with Crippen LogP contribution >= 0.6 is 0 Å². The molecule has 5 nitrogen and oxygen atoms in total. The SMILES string of the molecule is CC(C)(C(=O)O)c1cc(N)n(-c2ccccc2)n1. The molecule has 5 heteroatoms. The molecule has 1 aromatic heterocycles. The third-order valence-electron chi connectivity index (χ3n) is 2.91. The van der Waals surface area contributed by atoms with Crippen molar-refractivity contribution in [3.8, 4) is 5.69 Å². The highest BCUT2D eigenvalue weighted by molar-refractivity contribution is 5.79. The number of rotatable bonds is 3. The van der Waals surface area contributed by atoms with Crippen molar-refractivity contribution >= 4 is 11.8 Å². The summed E-state index contributed by atoms with van der Waals surface area (Å²) in [6.45, 7) is 3.21. The summed E-state index contributed by atoms with van der Waals surface area (Å²) >= 11 is 0. The maximum atomic E-state index is 11.2. The molecule has 1 heterocycles. The summed E-state index contributed by atoms with van der Waals surface area (Å²) in [7, 11) is 0. The molecular weight excluding hydrogens is 230 g/mol. The molecule has 0 unspecified atom stereocenters. The Labute approximate surface area is 105 Å². The summed E-state index contributed by atoms with van der Waals surface area (Å²) in [5, 5.41) is 13.5. The fourth-order valence-corrected chi connectivity index (χ4v) is 1.59. The van der Waals surface area contributed by atoms with Crippen molar-refractivity contribution in [2.75, 3.05) is 5.73 Å². The Morgan fingerprint density at radius 3 is 2.50 bits per heavy atom. The molecule has 0 atom stereocenters. The van der Waals surface area contributed by atoms with Crippen molar-refractivity contribution in [1.29, 1.82) is 0 Å². The fraction of sp³-hybridized carbons (Fsp3) is 0.231. The summed E-state index contributed by atoms with van der Waals surface area (Å²) in [5.74, 6) is -0.509. The van der Waals surface area contributed by atoms with Gasteiger partial charge in [0.05, 0.1) is 11.4 Å². The number of hydrogen-bond donors (Lipinski definition) is 2. The van der Waals surface area contributed by atoms with E-state index in [0.717, 1.165) is 5.69 Å². The first-order valence-electron chi connectivity index (χ1n) is 5.58. The molecule has 2 rings (SSSR count). The van der Waals surface area contributed by atoms with Crippen LogP contribution in [-0.2, 0) is 10.2 Å². The Kier molecular flexibility index (Phi) is 2.82. The lowest BCUT2D eigenvalue weighted by Gasteiger charge is -2.15. The smallest absolute Gasteiger partial charge is 0.315 e. The lowest BCUT2D eigenvalue weighted by Crippen LogP contribution is -2.29. The number of carboxylic acids is 1. The molecule has 0 aliphatic rings. The van der Waals surface area contributed by atoms with Gasteiger partial charge in [0.2, 0.25) is 0 Å². The van der Waals surface area contributed by atoms with Crippen molar-refractivity contribution in [2.45, 2.75) is 19.3 Å². The number of carboxylic acid groups (broad SMARTS) is 1. The maximum absolute atomic E-state index is 11.2. The van der Waals surface area contributed by atoms with Crippen LogP contribution in [0.25, 0.3) is 5.69 Å². The van der Waals surface area contributed by atoms with Gasteiger partial charge in [0.25, 0.3) is 0 Å². The highest BCUT2D eigenvalue weighted by Crippen LogP contribution is 2.25. The van der Waals surface area contributed by atoms with Gasteiger partial charge < -0.3 is 10.8 Å². The number of nitrogens with two attached hydrogens (primary N) is 1. The van der Waals surface area contributed by atoms with Crippen LogP contribution in [0.5, 0.6) is 0 Å². The fourth-order valence-electron chi connectivity index (χ4n) is 1.59. The molecule has 2 aromatic rings. The van der Waals surface area contributed by atoms with Crippen molar-refractivity contribution in [1.82, 2.24) is 9.78 Å². The Hall–Kier alpha value is -2.30. The van der Waals surface area contributed by atoms with E-state index in [2.05, 4.69) is 5.10 Å².